The summed E-state index contributed by atoms with van der Waals surface area (Å²) in [5, 5.41) is 13.2. The molecule has 1 amide bonds. The molecule has 0 fully saturated rings. The quantitative estimate of drug-likeness (QED) is 0.456. The van der Waals surface area contributed by atoms with Crippen molar-refractivity contribution in [2.75, 3.05) is 0 Å². The second-order valence-corrected chi connectivity index (χ2v) is 6.16. The van der Waals surface area contributed by atoms with Crippen molar-refractivity contribution in [3.63, 3.8) is 0 Å². The first-order valence-corrected chi connectivity index (χ1v) is 8.27. The van der Waals surface area contributed by atoms with Crippen LogP contribution in [0.5, 0.6) is 0 Å². The van der Waals surface area contributed by atoms with Gasteiger partial charge in [-0.05, 0) is 37.6 Å². The molecule has 0 saturated heterocycles. The van der Waals surface area contributed by atoms with E-state index in [2.05, 4.69) is 5.32 Å². The highest BCUT2D eigenvalue weighted by Crippen LogP contribution is 2.23. The molecule has 0 aromatic heterocycles. The largest absolute Gasteiger partial charge is 0.449 e. The van der Waals surface area contributed by atoms with Crippen molar-refractivity contribution in [3.05, 3.63) is 74.5 Å². The van der Waals surface area contributed by atoms with Crippen molar-refractivity contribution in [2.24, 2.45) is 0 Å². The van der Waals surface area contributed by atoms with Crippen molar-refractivity contribution in [1.29, 1.82) is 0 Å². The topological polar surface area (TPSA) is 98.5 Å². The van der Waals surface area contributed by atoms with E-state index < -0.39 is 28.9 Å². The van der Waals surface area contributed by atoms with Gasteiger partial charge in [-0.25, -0.2) is 9.18 Å². The summed E-state index contributed by atoms with van der Waals surface area (Å²) in [4.78, 5) is 34.4. The predicted molar refractivity (Wildman–Crippen MR) is 95.9 cm³/mol. The molecule has 7 nitrogen and oxygen atoms in total. The lowest BCUT2D eigenvalue weighted by atomic mass is 10.1. The van der Waals surface area contributed by atoms with Gasteiger partial charge in [0.1, 0.15) is 5.82 Å². The number of carbonyl (C=O) groups excluding carboxylic acids is 2. The third-order valence-electron chi connectivity index (χ3n) is 3.77. The summed E-state index contributed by atoms with van der Waals surface area (Å²) < 4.78 is 18.0. The zero-order chi connectivity index (χ0) is 20.1. The maximum Gasteiger partial charge on any atom is 0.340 e. The number of halogens is 2. The fraction of sp³-hybridized carbons (Fsp3) is 0.222. The number of non-ortho nitro benzene ring substituents is 1. The number of hydrogen-bond donors (Lipinski definition) is 1. The maximum atomic E-state index is 13.0. The normalized spacial score (nSPS) is 12.7. The Labute approximate surface area is 159 Å². The first-order valence-electron chi connectivity index (χ1n) is 7.89. The number of esters is 1. The molecule has 0 spiro atoms. The Hall–Kier alpha value is -3.00. The highest BCUT2D eigenvalue weighted by molar-refractivity contribution is 6.33. The summed E-state index contributed by atoms with van der Waals surface area (Å²) in [6.07, 6.45) is -1.13. The molecule has 2 atom stereocenters. The van der Waals surface area contributed by atoms with Crippen molar-refractivity contribution in [2.45, 2.75) is 26.0 Å². The SMILES string of the molecule is C[C@H](NC(=O)[C@@H](C)OC(=O)c1ccc([N+](=O)[O-])cc1Cl)c1ccc(F)cc1. The fourth-order valence-corrected chi connectivity index (χ4v) is 2.48. The van der Waals surface area contributed by atoms with Gasteiger partial charge >= 0.3 is 5.97 Å². The number of nitro benzene ring substituents is 1. The van der Waals surface area contributed by atoms with E-state index in [-0.39, 0.29) is 22.1 Å². The summed E-state index contributed by atoms with van der Waals surface area (Å²) >= 11 is 5.87. The Bertz CT molecular complexity index is 873. The van der Waals surface area contributed by atoms with E-state index in [9.17, 15) is 24.1 Å². The molecule has 1 N–H and O–H groups in total. The highest BCUT2D eigenvalue weighted by Gasteiger charge is 2.23. The number of benzene rings is 2. The summed E-state index contributed by atoms with van der Waals surface area (Å²) in [6.45, 7) is 3.08. The molecule has 2 aromatic rings. The van der Waals surface area contributed by atoms with Crippen LogP contribution in [0.4, 0.5) is 10.1 Å². The molecule has 2 rings (SSSR count). The minimum atomic E-state index is -1.13. The van der Waals surface area contributed by atoms with Crippen LogP contribution in [0.1, 0.15) is 35.8 Å². The van der Waals surface area contributed by atoms with Gasteiger partial charge in [-0.3, -0.25) is 14.9 Å². The Morgan fingerprint density at radius 2 is 1.81 bits per heavy atom. The number of ether oxygens (including phenoxy) is 1. The summed E-state index contributed by atoms with van der Waals surface area (Å²) in [6, 6.07) is 8.50. The number of rotatable bonds is 6. The standard InChI is InChI=1S/C18H16ClFN2O5/c1-10(12-3-5-13(20)6-4-12)21-17(23)11(2)27-18(24)15-8-7-14(22(25)26)9-16(15)19/h3-11H,1-2H3,(H,21,23)/t10-,11+/m0/s1. The monoisotopic (exact) mass is 394 g/mol. The first kappa shape index (κ1) is 20.3. The maximum absolute atomic E-state index is 13.0. The number of nitrogens with one attached hydrogen (secondary N) is 1. The smallest absolute Gasteiger partial charge is 0.340 e. The molecule has 142 valence electrons. The molecule has 2 aromatic carbocycles. The minimum Gasteiger partial charge on any atom is -0.449 e. The molecule has 0 bridgehead atoms. The highest BCUT2D eigenvalue weighted by atomic mass is 35.5. The lowest BCUT2D eigenvalue weighted by molar-refractivity contribution is -0.384. The summed E-state index contributed by atoms with van der Waals surface area (Å²) in [7, 11) is 0. The molecule has 27 heavy (non-hydrogen) atoms. The fourth-order valence-electron chi connectivity index (χ4n) is 2.23. The summed E-state index contributed by atoms with van der Waals surface area (Å²) in [5.74, 6) is -1.83. The van der Waals surface area contributed by atoms with Gasteiger partial charge < -0.3 is 10.1 Å². The minimum absolute atomic E-state index is 0.0894. The van der Waals surface area contributed by atoms with Crippen LogP contribution >= 0.6 is 11.6 Å². The average molecular weight is 395 g/mol. The zero-order valence-corrected chi connectivity index (χ0v) is 15.2. The molecule has 0 aliphatic rings. The molecular formula is C18H16ClFN2O5. The van der Waals surface area contributed by atoms with E-state index >= 15 is 0 Å². The average Bonchev–Trinajstić information content (AvgIpc) is 2.61. The number of amides is 1. The third kappa shape index (κ3) is 5.24. The molecule has 0 unspecified atom stereocenters. The Morgan fingerprint density at radius 3 is 2.37 bits per heavy atom. The van der Waals surface area contributed by atoms with Crippen LogP contribution in [-0.4, -0.2) is 22.9 Å². The third-order valence-corrected chi connectivity index (χ3v) is 4.08. The molecule has 0 aliphatic heterocycles. The van der Waals surface area contributed by atoms with Crippen molar-refractivity contribution in [3.8, 4) is 0 Å². The first-order chi connectivity index (χ1) is 12.7. The van der Waals surface area contributed by atoms with Crippen molar-refractivity contribution in [1.82, 2.24) is 5.32 Å². The number of nitrogens with zero attached hydrogens (tertiary/aromatic N) is 1. The number of nitro groups is 1. The molecule has 0 aliphatic carbocycles. The van der Waals surface area contributed by atoms with Crippen molar-refractivity contribution >= 4 is 29.2 Å². The van der Waals surface area contributed by atoms with E-state index in [1.807, 2.05) is 0 Å². The van der Waals surface area contributed by atoms with Crippen LogP contribution in [0.25, 0.3) is 0 Å². The second-order valence-electron chi connectivity index (χ2n) is 5.75. The van der Waals surface area contributed by atoms with Crippen LogP contribution in [0.3, 0.4) is 0 Å². The van der Waals surface area contributed by atoms with Gasteiger partial charge in [-0.15, -0.1) is 0 Å². The lowest BCUT2D eigenvalue weighted by Gasteiger charge is -2.18. The molecule has 0 radical (unpaired) electrons. The second kappa shape index (κ2) is 8.59. The molecular weight excluding hydrogens is 379 g/mol. The van der Waals surface area contributed by atoms with Crippen molar-refractivity contribution < 1.29 is 23.6 Å². The van der Waals surface area contributed by atoms with Gasteiger partial charge in [0, 0.05) is 12.1 Å². The lowest BCUT2D eigenvalue weighted by Crippen LogP contribution is -2.37. The Kier molecular flexibility index (Phi) is 6.46. The molecule has 0 heterocycles. The Morgan fingerprint density at radius 1 is 1.19 bits per heavy atom. The Balaban J connectivity index is 2.00. The van der Waals surface area contributed by atoms with E-state index in [1.54, 1.807) is 6.92 Å². The van der Waals surface area contributed by atoms with E-state index in [4.69, 9.17) is 16.3 Å². The van der Waals surface area contributed by atoms with Crippen LogP contribution in [0, 0.1) is 15.9 Å². The van der Waals surface area contributed by atoms with Gasteiger partial charge in [-0.1, -0.05) is 23.7 Å². The van der Waals surface area contributed by atoms with Crippen LogP contribution in [0.15, 0.2) is 42.5 Å². The number of carbonyl (C=O) groups is 2. The van der Waals surface area contributed by atoms with Gasteiger partial charge in [0.05, 0.1) is 21.6 Å². The van der Waals surface area contributed by atoms with Crippen LogP contribution in [0.2, 0.25) is 5.02 Å². The van der Waals surface area contributed by atoms with E-state index in [0.29, 0.717) is 5.56 Å². The van der Waals surface area contributed by atoms with E-state index in [0.717, 1.165) is 18.2 Å². The summed E-state index contributed by atoms with van der Waals surface area (Å²) in [5.41, 5.74) is 0.325. The van der Waals surface area contributed by atoms with Gasteiger partial charge in [0.25, 0.3) is 11.6 Å². The molecule has 9 heteroatoms. The van der Waals surface area contributed by atoms with Gasteiger partial charge in [0.2, 0.25) is 0 Å². The predicted octanol–water partition coefficient (Wildman–Crippen LogP) is 3.81. The zero-order valence-electron chi connectivity index (χ0n) is 14.4. The van der Waals surface area contributed by atoms with Crippen LogP contribution in [-0.2, 0) is 9.53 Å². The molecule has 0 saturated carbocycles. The van der Waals surface area contributed by atoms with E-state index in [1.165, 1.54) is 31.2 Å². The van der Waals surface area contributed by atoms with Gasteiger partial charge in [-0.2, -0.15) is 0 Å². The number of hydrogen-bond acceptors (Lipinski definition) is 5. The van der Waals surface area contributed by atoms with Crippen LogP contribution < -0.4 is 5.32 Å². The van der Waals surface area contributed by atoms with Gasteiger partial charge in [0.15, 0.2) is 6.10 Å².